The topological polar surface area (TPSA) is 131 Å². The zero-order valence-corrected chi connectivity index (χ0v) is 24.1. The Morgan fingerprint density at radius 3 is 2.27 bits per heavy atom. The van der Waals surface area contributed by atoms with Crippen molar-refractivity contribution in [1.82, 2.24) is 15.3 Å². The van der Waals surface area contributed by atoms with Crippen LogP contribution in [0.1, 0.15) is 41.1 Å². The van der Waals surface area contributed by atoms with Gasteiger partial charge in [0.05, 0.1) is 54.9 Å². The Bertz CT molecular complexity index is 1510. The molecule has 3 aromatic rings. The summed E-state index contributed by atoms with van der Waals surface area (Å²) in [6.07, 6.45) is -3.36. The highest BCUT2D eigenvalue weighted by atomic mass is 32.2. The van der Waals surface area contributed by atoms with Crippen LogP contribution >= 0.6 is 0 Å². The number of alkyl halides is 5. The number of ether oxygens (including phenoxy) is 2. The summed E-state index contributed by atoms with van der Waals surface area (Å²) >= 11 is 0. The molecular formula is C28H29F5N4O6S. The second kappa shape index (κ2) is 13.8. The molecule has 1 unspecified atom stereocenters. The summed E-state index contributed by atoms with van der Waals surface area (Å²) in [6.45, 7) is -2.13. The van der Waals surface area contributed by atoms with Crippen molar-refractivity contribution in [3.05, 3.63) is 77.9 Å². The number of carbonyl (C=O) groups excluding carboxylic acids is 1. The van der Waals surface area contributed by atoms with Crippen LogP contribution in [0.3, 0.4) is 0 Å². The second-order valence-corrected chi connectivity index (χ2v) is 12.1. The van der Waals surface area contributed by atoms with Gasteiger partial charge in [0.15, 0.2) is 15.6 Å². The first-order valence-electron chi connectivity index (χ1n) is 13.4. The number of aromatic nitrogens is 2. The average Bonchev–Trinajstić information content (AvgIpc) is 3.41. The van der Waals surface area contributed by atoms with E-state index in [0.717, 1.165) is 12.4 Å². The van der Waals surface area contributed by atoms with Crippen LogP contribution in [0.5, 0.6) is 5.75 Å². The van der Waals surface area contributed by atoms with Crippen LogP contribution in [-0.4, -0.2) is 73.7 Å². The predicted molar refractivity (Wildman–Crippen MR) is 147 cm³/mol. The molecule has 1 aliphatic rings. The first-order chi connectivity index (χ1) is 20.8. The Morgan fingerprint density at radius 1 is 1.09 bits per heavy atom. The number of aliphatic hydroxyl groups excluding tert-OH is 1. The van der Waals surface area contributed by atoms with E-state index in [2.05, 4.69) is 20.0 Å². The van der Waals surface area contributed by atoms with E-state index in [1.807, 2.05) is 0 Å². The molecule has 0 aliphatic carbocycles. The highest BCUT2D eigenvalue weighted by Gasteiger charge is 2.36. The molecule has 1 aliphatic heterocycles. The molecule has 0 saturated carbocycles. The Hall–Kier alpha value is -3.89. The summed E-state index contributed by atoms with van der Waals surface area (Å²) in [5, 5.41) is 12.6. The minimum absolute atomic E-state index is 0.0227. The van der Waals surface area contributed by atoms with E-state index in [1.165, 1.54) is 43.3 Å². The third kappa shape index (κ3) is 8.18. The number of nitrogens with zero attached hydrogens (tertiary/aromatic N) is 3. The van der Waals surface area contributed by atoms with Crippen LogP contribution in [0.25, 0.3) is 0 Å². The minimum atomic E-state index is -4.71. The Balaban J connectivity index is 1.44. The van der Waals surface area contributed by atoms with E-state index in [9.17, 15) is 40.3 Å². The summed E-state index contributed by atoms with van der Waals surface area (Å²) < 4.78 is 98.3. The first-order valence-corrected chi connectivity index (χ1v) is 15.0. The fraction of sp³-hybridized carbons (Fsp3) is 0.393. The smallest absolute Gasteiger partial charge is 0.451 e. The van der Waals surface area contributed by atoms with E-state index in [0.29, 0.717) is 11.3 Å². The lowest BCUT2D eigenvalue weighted by atomic mass is 10.1. The zero-order valence-electron chi connectivity index (χ0n) is 23.2. The molecule has 1 fully saturated rings. The molecule has 16 heteroatoms. The molecule has 2 N–H and O–H groups in total. The van der Waals surface area contributed by atoms with Crippen LogP contribution in [0.4, 0.5) is 27.6 Å². The molecule has 3 atom stereocenters. The van der Waals surface area contributed by atoms with Crippen LogP contribution in [0, 0.1) is 0 Å². The Morgan fingerprint density at radius 2 is 1.73 bits per heavy atom. The largest absolute Gasteiger partial charge is 0.485 e. The summed E-state index contributed by atoms with van der Waals surface area (Å²) in [5.41, 5.74) is 1.27. The Kier molecular flexibility index (Phi) is 10.4. The summed E-state index contributed by atoms with van der Waals surface area (Å²) in [7, 11) is -3.41. The molecule has 0 bridgehead atoms. The van der Waals surface area contributed by atoms with Gasteiger partial charge in [0.2, 0.25) is 5.82 Å². The van der Waals surface area contributed by atoms with E-state index in [4.69, 9.17) is 4.74 Å². The number of hydrogen-bond acceptors (Lipinski definition) is 9. The van der Waals surface area contributed by atoms with Gasteiger partial charge in [-0.05, 0) is 42.0 Å². The minimum Gasteiger partial charge on any atom is -0.485 e. The van der Waals surface area contributed by atoms with Crippen LogP contribution < -0.4 is 15.0 Å². The van der Waals surface area contributed by atoms with Gasteiger partial charge in [0.25, 0.3) is 5.91 Å². The number of aliphatic hydroxyl groups is 1. The second-order valence-electron chi connectivity index (χ2n) is 9.84. The number of anilines is 1. The molecule has 0 spiro atoms. The van der Waals surface area contributed by atoms with Crippen molar-refractivity contribution in [2.75, 3.05) is 30.4 Å². The van der Waals surface area contributed by atoms with Gasteiger partial charge in [-0.3, -0.25) is 4.79 Å². The van der Waals surface area contributed by atoms with Gasteiger partial charge in [-0.15, -0.1) is 0 Å². The molecule has 0 radical (unpaired) electrons. The van der Waals surface area contributed by atoms with Crippen molar-refractivity contribution in [2.24, 2.45) is 0 Å². The van der Waals surface area contributed by atoms with Gasteiger partial charge in [-0.1, -0.05) is 19.1 Å². The number of sulfone groups is 1. The van der Waals surface area contributed by atoms with Gasteiger partial charge < -0.3 is 24.8 Å². The molecule has 4 rings (SSSR count). The van der Waals surface area contributed by atoms with Gasteiger partial charge in [0, 0.05) is 17.7 Å². The zero-order chi connectivity index (χ0) is 32.1. The fourth-order valence-electron chi connectivity index (χ4n) is 4.69. The van der Waals surface area contributed by atoms with Crippen molar-refractivity contribution in [3.63, 3.8) is 0 Å². The highest BCUT2D eigenvalue weighted by Crippen LogP contribution is 2.31. The molecule has 44 heavy (non-hydrogen) atoms. The third-order valence-corrected chi connectivity index (χ3v) is 8.70. The van der Waals surface area contributed by atoms with Gasteiger partial charge >= 0.3 is 12.8 Å². The van der Waals surface area contributed by atoms with E-state index in [-0.39, 0.29) is 41.5 Å². The van der Waals surface area contributed by atoms with Crippen molar-refractivity contribution in [3.8, 4) is 5.75 Å². The number of rotatable bonds is 12. The lowest BCUT2D eigenvalue weighted by Gasteiger charge is -2.26. The summed E-state index contributed by atoms with van der Waals surface area (Å²) in [5.74, 6) is -1.94. The van der Waals surface area contributed by atoms with Gasteiger partial charge in [-0.25, -0.2) is 18.4 Å². The average molecular weight is 645 g/mol. The molecule has 1 saturated heterocycles. The normalized spacial score (nSPS) is 18.0. The van der Waals surface area contributed by atoms with Gasteiger partial charge in [-0.2, -0.15) is 22.0 Å². The van der Waals surface area contributed by atoms with E-state index >= 15 is 0 Å². The maximum atomic E-state index is 12.9. The number of benzene rings is 2. The maximum Gasteiger partial charge on any atom is 0.451 e. The fourth-order valence-corrected chi connectivity index (χ4v) is 5.57. The van der Waals surface area contributed by atoms with Crippen LogP contribution in [0.15, 0.2) is 65.8 Å². The van der Waals surface area contributed by atoms with E-state index < -0.39 is 59.2 Å². The predicted octanol–water partition coefficient (Wildman–Crippen LogP) is 4.02. The van der Waals surface area contributed by atoms with Crippen LogP contribution in [-0.2, 0) is 20.8 Å². The molecule has 2 heterocycles. The summed E-state index contributed by atoms with van der Waals surface area (Å²) in [6, 6.07) is 10.6. The molecule has 238 valence electrons. The number of halogens is 5. The van der Waals surface area contributed by atoms with Crippen LogP contribution in [0.2, 0.25) is 0 Å². The lowest BCUT2D eigenvalue weighted by Crippen LogP contribution is -2.34. The lowest BCUT2D eigenvalue weighted by molar-refractivity contribution is -0.145. The van der Waals surface area contributed by atoms with Crippen molar-refractivity contribution in [1.29, 1.82) is 0 Å². The van der Waals surface area contributed by atoms with Crippen molar-refractivity contribution in [2.45, 2.75) is 49.2 Å². The highest BCUT2D eigenvalue weighted by molar-refractivity contribution is 7.91. The maximum absolute atomic E-state index is 12.9. The number of amides is 1. The molecule has 1 aromatic heterocycles. The standard InChI is InChI=1S/C28H29F5N4O6S/c1-2-44(40,41)23-9-5-17(6-10-23)24(15-38)36-25(39)18-3-7-19(8-4-18)37-14-21(11-20(37)16-42-27(29)30)43-22-12-34-26(35-13-22)28(31,32)33/h3-10,12-13,20-21,24,27,38H,2,11,14-16H2,1H3,(H,36,39)/t20-,21?,24-/m0/s1. The van der Waals surface area contributed by atoms with E-state index in [1.54, 1.807) is 17.0 Å². The third-order valence-electron chi connectivity index (χ3n) is 6.95. The summed E-state index contributed by atoms with van der Waals surface area (Å²) in [4.78, 5) is 21.3. The molecular weight excluding hydrogens is 615 g/mol. The molecule has 1 amide bonds. The van der Waals surface area contributed by atoms with Crippen molar-refractivity contribution < 1.29 is 49.7 Å². The molecule has 2 aromatic carbocycles. The SMILES string of the molecule is CCS(=O)(=O)c1ccc([C@H](CO)NC(=O)c2ccc(N3CC(Oc4cnc(C(F)(F)F)nc4)C[C@H]3COC(F)F)cc2)cc1. The van der Waals surface area contributed by atoms with Crippen molar-refractivity contribution >= 4 is 21.4 Å². The number of carbonyl (C=O) groups is 1. The monoisotopic (exact) mass is 644 g/mol. The number of hydrogen-bond donors (Lipinski definition) is 2. The quantitative estimate of drug-likeness (QED) is 0.281. The first kappa shape index (κ1) is 33.0. The van der Waals surface area contributed by atoms with Gasteiger partial charge in [0.1, 0.15) is 6.10 Å². The number of nitrogens with one attached hydrogen (secondary N) is 1. The Labute approximate surface area is 249 Å². The molecule has 10 nitrogen and oxygen atoms in total.